The summed E-state index contributed by atoms with van der Waals surface area (Å²) >= 11 is 0. The van der Waals surface area contributed by atoms with Gasteiger partial charge in [-0.05, 0) is 46.2 Å². The lowest BCUT2D eigenvalue weighted by Crippen LogP contribution is -1.99. The fourth-order valence-corrected chi connectivity index (χ4v) is 2.33. The average molecular weight is 264 g/mol. The third kappa shape index (κ3) is 2.10. The summed E-state index contributed by atoms with van der Waals surface area (Å²) in [6.45, 7) is 0. The number of phenolic OH excluding ortho intramolecular Hbond substituents is 1. The molecule has 2 N–H and O–H groups in total. The summed E-state index contributed by atoms with van der Waals surface area (Å²) in [5.74, 6) is -0.860. The molecular weight excluding hydrogens is 252 g/mol. The second-order valence-corrected chi connectivity index (χ2v) is 4.60. The SMILES string of the molecule is O=C(O)c1cc2ccccc2cc1-c1cccc(O)c1. The molecule has 0 radical (unpaired) electrons. The van der Waals surface area contributed by atoms with Crippen molar-refractivity contribution >= 4 is 16.7 Å². The van der Waals surface area contributed by atoms with Crippen LogP contribution in [0.25, 0.3) is 21.9 Å². The van der Waals surface area contributed by atoms with Gasteiger partial charge in [-0.25, -0.2) is 4.79 Å². The number of benzene rings is 3. The third-order valence-electron chi connectivity index (χ3n) is 3.27. The van der Waals surface area contributed by atoms with Crippen molar-refractivity contribution in [1.82, 2.24) is 0 Å². The maximum atomic E-state index is 11.5. The molecule has 0 unspecified atom stereocenters. The molecule has 0 aliphatic carbocycles. The van der Waals surface area contributed by atoms with Crippen molar-refractivity contribution in [2.75, 3.05) is 0 Å². The minimum atomic E-state index is -0.978. The summed E-state index contributed by atoms with van der Waals surface area (Å²) in [7, 11) is 0. The molecule has 0 saturated heterocycles. The molecule has 3 aromatic carbocycles. The van der Waals surface area contributed by atoms with Crippen LogP contribution in [-0.2, 0) is 0 Å². The molecule has 0 spiro atoms. The molecule has 0 atom stereocenters. The largest absolute Gasteiger partial charge is 0.508 e. The lowest BCUT2D eigenvalue weighted by Gasteiger charge is -2.09. The molecule has 0 saturated carbocycles. The minimum absolute atomic E-state index is 0.118. The number of aromatic hydroxyl groups is 1. The Morgan fingerprint density at radius 3 is 2.20 bits per heavy atom. The van der Waals surface area contributed by atoms with Crippen LogP contribution in [0.3, 0.4) is 0 Å². The molecule has 3 nitrogen and oxygen atoms in total. The number of carboxylic acid groups (broad SMARTS) is 1. The molecule has 0 fully saturated rings. The highest BCUT2D eigenvalue weighted by Gasteiger charge is 2.13. The van der Waals surface area contributed by atoms with Gasteiger partial charge in [0.1, 0.15) is 5.75 Å². The zero-order chi connectivity index (χ0) is 14.1. The number of fused-ring (bicyclic) bond motifs is 1. The van der Waals surface area contributed by atoms with Gasteiger partial charge in [-0.1, -0.05) is 36.4 Å². The molecule has 20 heavy (non-hydrogen) atoms. The summed E-state index contributed by atoms with van der Waals surface area (Å²) < 4.78 is 0. The zero-order valence-corrected chi connectivity index (χ0v) is 10.6. The Balaban J connectivity index is 2.32. The minimum Gasteiger partial charge on any atom is -0.508 e. The van der Waals surface area contributed by atoms with E-state index in [0.717, 1.165) is 10.8 Å². The van der Waals surface area contributed by atoms with E-state index in [4.69, 9.17) is 0 Å². The van der Waals surface area contributed by atoms with Gasteiger partial charge in [0.25, 0.3) is 0 Å². The predicted octanol–water partition coefficient (Wildman–Crippen LogP) is 3.91. The Hall–Kier alpha value is -2.81. The normalized spacial score (nSPS) is 10.6. The Kier molecular flexibility index (Phi) is 2.88. The monoisotopic (exact) mass is 264 g/mol. The van der Waals surface area contributed by atoms with Gasteiger partial charge in [0.15, 0.2) is 0 Å². The van der Waals surface area contributed by atoms with Crippen LogP contribution in [0.1, 0.15) is 10.4 Å². The summed E-state index contributed by atoms with van der Waals surface area (Å²) in [5, 5.41) is 20.8. The smallest absolute Gasteiger partial charge is 0.336 e. The van der Waals surface area contributed by atoms with E-state index in [1.54, 1.807) is 30.3 Å². The molecular formula is C17H12O3. The van der Waals surface area contributed by atoms with Crippen LogP contribution in [0.5, 0.6) is 5.75 Å². The van der Waals surface area contributed by atoms with Gasteiger partial charge < -0.3 is 10.2 Å². The van der Waals surface area contributed by atoms with Gasteiger partial charge >= 0.3 is 5.97 Å². The van der Waals surface area contributed by atoms with Crippen LogP contribution in [0, 0.1) is 0 Å². The number of carboxylic acids is 1. The average Bonchev–Trinajstić information content (AvgIpc) is 2.46. The highest BCUT2D eigenvalue weighted by molar-refractivity contribution is 6.02. The van der Waals surface area contributed by atoms with Crippen molar-refractivity contribution in [1.29, 1.82) is 0 Å². The number of rotatable bonds is 2. The summed E-state index contributed by atoms with van der Waals surface area (Å²) in [6.07, 6.45) is 0. The Bertz CT molecular complexity index is 806. The van der Waals surface area contributed by atoms with Crippen molar-refractivity contribution < 1.29 is 15.0 Å². The first-order valence-electron chi connectivity index (χ1n) is 6.20. The van der Waals surface area contributed by atoms with Crippen LogP contribution in [-0.4, -0.2) is 16.2 Å². The highest BCUT2D eigenvalue weighted by atomic mass is 16.4. The van der Waals surface area contributed by atoms with Gasteiger partial charge in [-0.15, -0.1) is 0 Å². The molecule has 0 aliphatic heterocycles. The number of carbonyl (C=O) groups is 1. The van der Waals surface area contributed by atoms with Crippen LogP contribution in [0.4, 0.5) is 0 Å². The van der Waals surface area contributed by atoms with E-state index in [1.807, 2.05) is 30.3 Å². The summed E-state index contributed by atoms with van der Waals surface area (Å²) in [4.78, 5) is 11.5. The van der Waals surface area contributed by atoms with Crippen molar-refractivity contribution in [3.8, 4) is 16.9 Å². The number of phenols is 1. The summed E-state index contributed by atoms with van der Waals surface area (Å²) in [6, 6.07) is 17.7. The Labute approximate surface area is 115 Å². The van der Waals surface area contributed by atoms with E-state index in [0.29, 0.717) is 11.1 Å². The van der Waals surface area contributed by atoms with Crippen molar-refractivity contribution in [2.24, 2.45) is 0 Å². The third-order valence-corrected chi connectivity index (χ3v) is 3.27. The molecule has 98 valence electrons. The molecule has 0 amide bonds. The maximum absolute atomic E-state index is 11.5. The van der Waals surface area contributed by atoms with Crippen LogP contribution < -0.4 is 0 Å². The molecule has 0 aromatic heterocycles. The maximum Gasteiger partial charge on any atom is 0.336 e. The van der Waals surface area contributed by atoms with E-state index in [9.17, 15) is 15.0 Å². The second-order valence-electron chi connectivity index (χ2n) is 4.60. The predicted molar refractivity (Wildman–Crippen MR) is 78.0 cm³/mol. The number of hydrogen-bond donors (Lipinski definition) is 2. The summed E-state index contributed by atoms with van der Waals surface area (Å²) in [5.41, 5.74) is 1.52. The first-order chi connectivity index (χ1) is 9.65. The Morgan fingerprint density at radius 1 is 0.850 bits per heavy atom. The standard InChI is InChI=1S/C17H12O3/c18-14-7-3-6-13(8-14)15-9-11-4-1-2-5-12(11)10-16(15)17(19)20/h1-10,18H,(H,19,20). The van der Waals surface area contributed by atoms with E-state index < -0.39 is 5.97 Å². The van der Waals surface area contributed by atoms with Gasteiger partial charge in [0, 0.05) is 0 Å². The van der Waals surface area contributed by atoms with Crippen molar-refractivity contribution in [3.63, 3.8) is 0 Å². The number of hydrogen-bond acceptors (Lipinski definition) is 2. The molecule has 3 heteroatoms. The van der Waals surface area contributed by atoms with E-state index in [-0.39, 0.29) is 11.3 Å². The van der Waals surface area contributed by atoms with Crippen LogP contribution in [0.2, 0.25) is 0 Å². The lowest BCUT2D eigenvalue weighted by molar-refractivity contribution is 0.0698. The molecule has 0 bridgehead atoms. The van der Waals surface area contributed by atoms with Gasteiger partial charge in [-0.3, -0.25) is 0 Å². The van der Waals surface area contributed by atoms with Gasteiger partial charge in [0.2, 0.25) is 0 Å². The molecule has 0 aliphatic rings. The second kappa shape index (κ2) is 4.70. The van der Waals surface area contributed by atoms with Crippen LogP contribution in [0.15, 0.2) is 60.7 Å². The molecule has 3 aromatic rings. The molecule has 3 rings (SSSR count). The topological polar surface area (TPSA) is 57.5 Å². The molecule has 0 heterocycles. The first-order valence-corrected chi connectivity index (χ1v) is 6.20. The highest BCUT2D eigenvalue weighted by Crippen LogP contribution is 2.30. The fourth-order valence-electron chi connectivity index (χ4n) is 2.33. The zero-order valence-electron chi connectivity index (χ0n) is 10.6. The van der Waals surface area contributed by atoms with Crippen molar-refractivity contribution in [3.05, 3.63) is 66.2 Å². The van der Waals surface area contributed by atoms with Crippen molar-refractivity contribution in [2.45, 2.75) is 0 Å². The van der Waals surface area contributed by atoms with E-state index in [2.05, 4.69) is 0 Å². The fraction of sp³-hybridized carbons (Fsp3) is 0. The van der Waals surface area contributed by atoms with E-state index in [1.165, 1.54) is 0 Å². The Morgan fingerprint density at radius 2 is 1.55 bits per heavy atom. The van der Waals surface area contributed by atoms with Gasteiger partial charge in [0.05, 0.1) is 5.56 Å². The van der Waals surface area contributed by atoms with Gasteiger partial charge in [-0.2, -0.15) is 0 Å². The quantitative estimate of drug-likeness (QED) is 0.737. The lowest BCUT2D eigenvalue weighted by atomic mass is 9.95. The van der Waals surface area contributed by atoms with E-state index >= 15 is 0 Å². The van der Waals surface area contributed by atoms with Crippen LogP contribution >= 0.6 is 0 Å². The number of aromatic carboxylic acids is 1. The first kappa shape index (κ1) is 12.2.